The van der Waals surface area contributed by atoms with Crippen LogP contribution in [0.25, 0.3) is 10.1 Å². The predicted molar refractivity (Wildman–Crippen MR) is 67.4 cm³/mol. The first-order valence-corrected chi connectivity index (χ1v) is 6.12. The second kappa shape index (κ2) is 4.43. The average Bonchev–Trinajstić information content (AvgIpc) is 2.71. The van der Waals surface area contributed by atoms with E-state index in [1.807, 2.05) is 12.1 Å². The highest BCUT2D eigenvalue weighted by molar-refractivity contribution is 9.10. The maximum Gasteiger partial charge on any atom is 0.348 e. The fraction of sp³-hybridized carbons (Fsp3) is 0.182. The van der Waals surface area contributed by atoms with Crippen LogP contribution < -0.4 is 4.74 Å². The monoisotopic (exact) mass is 300 g/mol. The van der Waals surface area contributed by atoms with E-state index in [-0.39, 0.29) is 5.97 Å². The minimum atomic E-state index is -0.320. The number of halogens is 1. The van der Waals surface area contributed by atoms with Crippen molar-refractivity contribution < 1.29 is 14.3 Å². The third-order valence-corrected chi connectivity index (χ3v) is 3.90. The summed E-state index contributed by atoms with van der Waals surface area (Å²) >= 11 is 4.80. The van der Waals surface area contributed by atoms with Gasteiger partial charge in [-0.05, 0) is 34.1 Å². The van der Waals surface area contributed by atoms with Gasteiger partial charge in [0.15, 0.2) is 0 Å². The molecule has 0 bridgehead atoms. The summed E-state index contributed by atoms with van der Waals surface area (Å²) in [5.74, 6) is 0.420. The van der Waals surface area contributed by atoms with Crippen LogP contribution in [0.3, 0.4) is 0 Å². The maximum atomic E-state index is 11.4. The van der Waals surface area contributed by atoms with Gasteiger partial charge in [0.2, 0.25) is 0 Å². The highest BCUT2D eigenvalue weighted by atomic mass is 79.9. The third-order valence-electron chi connectivity index (χ3n) is 2.19. The van der Waals surface area contributed by atoms with E-state index < -0.39 is 0 Å². The number of methoxy groups -OCH3 is 2. The fourth-order valence-corrected chi connectivity index (χ4v) is 2.95. The second-order valence-corrected chi connectivity index (χ2v) is 5.03. The van der Waals surface area contributed by atoms with E-state index in [0.29, 0.717) is 4.88 Å². The van der Waals surface area contributed by atoms with Gasteiger partial charge >= 0.3 is 5.97 Å². The number of carbonyl (C=O) groups is 1. The fourth-order valence-electron chi connectivity index (χ4n) is 1.47. The minimum absolute atomic E-state index is 0.320. The average molecular weight is 301 g/mol. The molecule has 0 amide bonds. The van der Waals surface area contributed by atoms with Crippen LogP contribution >= 0.6 is 27.3 Å². The van der Waals surface area contributed by atoms with Crippen molar-refractivity contribution in [3.05, 3.63) is 27.5 Å². The van der Waals surface area contributed by atoms with Crippen molar-refractivity contribution in [2.24, 2.45) is 0 Å². The van der Waals surface area contributed by atoms with E-state index in [2.05, 4.69) is 20.7 Å². The van der Waals surface area contributed by atoms with Crippen LogP contribution in [0, 0.1) is 0 Å². The summed E-state index contributed by atoms with van der Waals surface area (Å²) < 4.78 is 11.9. The van der Waals surface area contributed by atoms with Crippen molar-refractivity contribution in [3.8, 4) is 5.75 Å². The molecule has 0 fully saturated rings. The van der Waals surface area contributed by atoms with Gasteiger partial charge in [0.05, 0.1) is 18.7 Å². The minimum Gasteiger partial charge on any atom is -0.495 e. The second-order valence-electron chi connectivity index (χ2n) is 3.09. The van der Waals surface area contributed by atoms with Crippen molar-refractivity contribution in [1.29, 1.82) is 0 Å². The van der Waals surface area contributed by atoms with Crippen LogP contribution in [-0.2, 0) is 4.74 Å². The Hall–Kier alpha value is -1.07. The number of ether oxygens (including phenoxy) is 2. The molecule has 0 aliphatic carbocycles. The lowest BCUT2D eigenvalue weighted by Crippen LogP contribution is -1.96. The number of carbonyl (C=O) groups excluding carboxylic acids is 1. The number of fused-ring (bicyclic) bond motifs is 1. The lowest BCUT2D eigenvalue weighted by Gasteiger charge is -2.03. The first kappa shape index (κ1) is 11.4. The van der Waals surface area contributed by atoms with E-state index in [1.54, 1.807) is 13.2 Å². The molecular formula is C11H9BrO3S. The van der Waals surface area contributed by atoms with Crippen LogP contribution in [0.2, 0.25) is 0 Å². The van der Waals surface area contributed by atoms with E-state index >= 15 is 0 Å². The molecule has 0 N–H and O–H groups in total. The van der Waals surface area contributed by atoms with Crippen molar-refractivity contribution in [3.63, 3.8) is 0 Å². The van der Waals surface area contributed by atoms with E-state index in [9.17, 15) is 4.79 Å². The quantitative estimate of drug-likeness (QED) is 0.797. The lowest BCUT2D eigenvalue weighted by atomic mass is 10.2. The van der Waals surface area contributed by atoms with E-state index in [1.165, 1.54) is 18.4 Å². The largest absolute Gasteiger partial charge is 0.495 e. The normalized spacial score (nSPS) is 10.4. The van der Waals surface area contributed by atoms with Crippen molar-refractivity contribution in [2.75, 3.05) is 14.2 Å². The Labute approximate surface area is 105 Å². The molecule has 1 heterocycles. The number of rotatable bonds is 2. The van der Waals surface area contributed by atoms with Crippen molar-refractivity contribution in [1.82, 2.24) is 0 Å². The number of hydrogen-bond donors (Lipinski definition) is 0. The van der Waals surface area contributed by atoms with Crippen molar-refractivity contribution in [2.45, 2.75) is 0 Å². The molecule has 2 aromatic rings. The molecule has 1 aromatic heterocycles. The van der Waals surface area contributed by atoms with Gasteiger partial charge in [0.25, 0.3) is 0 Å². The van der Waals surface area contributed by atoms with Crippen LogP contribution in [0.5, 0.6) is 5.75 Å². The van der Waals surface area contributed by atoms with Gasteiger partial charge < -0.3 is 9.47 Å². The predicted octanol–water partition coefficient (Wildman–Crippen LogP) is 3.46. The van der Waals surface area contributed by atoms with E-state index in [0.717, 1.165) is 20.3 Å². The number of hydrogen-bond acceptors (Lipinski definition) is 4. The zero-order valence-electron chi connectivity index (χ0n) is 8.74. The van der Waals surface area contributed by atoms with Crippen LogP contribution in [0.15, 0.2) is 22.7 Å². The summed E-state index contributed by atoms with van der Waals surface area (Å²) in [6, 6.07) is 5.63. The van der Waals surface area contributed by atoms with Crippen LogP contribution in [0.4, 0.5) is 0 Å². The molecule has 16 heavy (non-hydrogen) atoms. The third kappa shape index (κ3) is 1.81. The Morgan fingerprint density at radius 1 is 1.38 bits per heavy atom. The van der Waals surface area contributed by atoms with Gasteiger partial charge in [0.1, 0.15) is 10.6 Å². The van der Waals surface area contributed by atoms with Crippen LogP contribution in [0.1, 0.15) is 9.67 Å². The van der Waals surface area contributed by atoms with Gasteiger partial charge in [-0.1, -0.05) is 0 Å². The SMILES string of the molecule is COC(=O)c1cc2c(OC)c(Br)ccc2s1. The summed E-state index contributed by atoms with van der Waals surface area (Å²) in [5, 5.41) is 0.919. The topological polar surface area (TPSA) is 35.5 Å². The molecule has 5 heteroatoms. The Balaban J connectivity index is 2.65. The number of benzene rings is 1. The highest BCUT2D eigenvalue weighted by Gasteiger charge is 2.14. The van der Waals surface area contributed by atoms with Gasteiger partial charge in [0, 0.05) is 10.1 Å². The Morgan fingerprint density at radius 3 is 2.75 bits per heavy atom. The Morgan fingerprint density at radius 2 is 2.12 bits per heavy atom. The molecule has 0 radical (unpaired) electrons. The molecule has 0 saturated carbocycles. The van der Waals surface area contributed by atoms with Gasteiger partial charge in [-0.2, -0.15) is 0 Å². The molecule has 0 aliphatic rings. The summed E-state index contributed by atoms with van der Waals surface area (Å²) in [6.45, 7) is 0. The molecule has 0 atom stereocenters. The first-order valence-electron chi connectivity index (χ1n) is 4.51. The first-order chi connectivity index (χ1) is 7.67. The molecule has 3 nitrogen and oxygen atoms in total. The molecule has 0 aliphatic heterocycles. The molecule has 0 unspecified atom stereocenters. The maximum absolute atomic E-state index is 11.4. The zero-order chi connectivity index (χ0) is 11.7. The molecule has 1 aromatic carbocycles. The number of thiophene rings is 1. The van der Waals surface area contributed by atoms with E-state index in [4.69, 9.17) is 4.74 Å². The molecule has 2 rings (SSSR count). The van der Waals surface area contributed by atoms with Gasteiger partial charge in [-0.25, -0.2) is 4.79 Å². The smallest absolute Gasteiger partial charge is 0.348 e. The Bertz CT molecular complexity index is 547. The highest BCUT2D eigenvalue weighted by Crippen LogP contribution is 2.38. The molecule has 84 valence electrons. The summed E-state index contributed by atoms with van der Waals surface area (Å²) in [4.78, 5) is 12.0. The zero-order valence-corrected chi connectivity index (χ0v) is 11.1. The number of esters is 1. The Kier molecular flexibility index (Phi) is 3.16. The molecular weight excluding hydrogens is 292 g/mol. The molecule has 0 saturated heterocycles. The summed E-state index contributed by atoms with van der Waals surface area (Å²) in [7, 11) is 2.98. The summed E-state index contributed by atoms with van der Waals surface area (Å²) in [6.07, 6.45) is 0. The molecule has 0 spiro atoms. The van der Waals surface area contributed by atoms with Crippen molar-refractivity contribution >= 4 is 43.3 Å². The van der Waals surface area contributed by atoms with Crippen LogP contribution in [-0.4, -0.2) is 20.2 Å². The standard InChI is InChI=1S/C11H9BrO3S/c1-14-10-6-5-9(11(13)15-2)16-8(6)4-3-7(10)12/h3-5H,1-2H3. The lowest BCUT2D eigenvalue weighted by molar-refractivity contribution is 0.0606. The van der Waals surface area contributed by atoms with Gasteiger partial charge in [-0.15, -0.1) is 11.3 Å². The van der Waals surface area contributed by atoms with Gasteiger partial charge in [-0.3, -0.25) is 0 Å². The summed E-state index contributed by atoms with van der Waals surface area (Å²) in [5.41, 5.74) is 0.